The molecule has 0 aliphatic heterocycles. The van der Waals surface area contributed by atoms with Crippen molar-refractivity contribution in [2.75, 3.05) is 18.0 Å². The molecule has 0 aliphatic rings. The quantitative estimate of drug-likeness (QED) is 0.899. The summed E-state index contributed by atoms with van der Waals surface area (Å²) in [5, 5.41) is 17.7. The number of alkyl halides is 3. The summed E-state index contributed by atoms with van der Waals surface area (Å²) in [5.41, 5.74) is -1.24. The Bertz CT molecular complexity index is 538. The highest BCUT2D eigenvalue weighted by molar-refractivity contribution is 5.74. The molecule has 8 heteroatoms. The highest BCUT2D eigenvalue weighted by Crippen LogP contribution is 2.30. The lowest BCUT2D eigenvalue weighted by Crippen LogP contribution is -2.32. The fraction of sp³-hybridized carbons (Fsp3) is 0.417. The van der Waals surface area contributed by atoms with Gasteiger partial charge < -0.3 is 10.0 Å². The summed E-state index contributed by atoms with van der Waals surface area (Å²) in [6.45, 7) is 1.42. The predicted molar refractivity (Wildman–Crippen MR) is 64.1 cm³/mol. The number of carbonyl (C=O) groups is 1. The Labute approximate surface area is 113 Å². The Morgan fingerprint density at radius 1 is 1.50 bits per heavy atom. The molecule has 0 atom stereocenters. The average molecular weight is 287 g/mol. The summed E-state index contributed by atoms with van der Waals surface area (Å²) in [4.78, 5) is 15.3. The SMILES string of the molecule is CCCN(CC(=O)O)c1nc(C(F)(F)F)ccc1C#N. The molecule has 0 amide bonds. The third-order valence-electron chi connectivity index (χ3n) is 2.41. The van der Waals surface area contributed by atoms with E-state index in [-0.39, 0.29) is 17.9 Å². The summed E-state index contributed by atoms with van der Waals surface area (Å²) >= 11 is 0. The van der Waals surface area contributed by atoms with Gasteiger partial charge in [0.05, 0.1) is 5.56 Å². The first kappa shape index (κ1) is 15.8. The molecule has 20 heavy (non-hydrogen) atoms. The van der Waals surface area contributed by atoms with Crippen LogP contribution in [0.1, 0.15) is 24.6 Å². The summed E-state index contributed by atoms with van der Waals surface area (Å²) < 4.78 is 37.9. The number of nitriles is 1. The summed E-state index contributed by atoms with van der Waals surface area (Å²) in [6.07, 6.45) is -4.14. The van der Waals surface area contributed by atoms with Gasteiger partial charge in [0.1, 0.15) is 24.1 Å². The van der Waals surface area contributed by atoms with Crippen molar-refractivity contribution in [3.8, 4) is 6.07 Å². The van der Waals surface area contributed by atoms with E-state index in [9.17, 15) is 18.0 Å². The van der Waals surface area contributed by atoms with Gasteiger partial charge in [-0.05, 0) is 18.6 Å². The fourth-order valence-corrected chi connectivity index (χ4v) is 1.63. The van der Waals surface area contributed by atoms with Crippen LogP contribution in [-0.2, 0) is 11.0 Å². The van der Waals surface area contributed by atoms with Gasteiger partial charge in [-0.2, -0.15) is 18.4 Å². The maximum absolute atomic E-state index is 12.6. The largest absolute Gasteiger partial charge is 0.480 e. The molecule has 1 N–H and O–H groups in total. The number of carboxylic acid groups (broad SMARTS) is 1. The summed E-state index contributed by atoms with van der Waals surface area (Å²) in [6, 6.07) is 3.42. The smallest absolute Gasteiger partial charge is 0.433 e. The van der Waals surface area contributed by atoms with Gasteiger partial charge in [-0.3, -0.25) is 4.79 Å². The van der Waals surface area contributed by atoms with Crippen LogP contribution in [0.3, 0.4) is 0 Å². The molecule has 1 rings (SSSR count). The van der Waals surface area contributed by atoms with Gasteiger partial charge in [0.15, 0.2) is 0 Å². The van der Waals surface area contributed by atoms with Gasteiger partial charge >= 0.3 is 12.1 Å². The number of pyridine rings is 1. The van der Waals surface area contributed by atoms with Gasteiger partial charge in [0.25, 0.3) is 0 Å². The van der Waals surface area contributed by atoms with Crippen LogP contribution >= 0.6 is 0 Å². The molecule has 5 nitrogen and oxygen atoms in total. The molecule has 1 aromatic heterocycles. The van der Waals surface area contributed by atoms with Crippen LogP contribution in [0.15, 0.2) is 12.1 Å². The maximum Gasteiger partial charge on any atom is 0.433 e. The highest BCUT2D eigenvalue weighted by Gasteiger charge is 2.33. The molecule has 0 spiro atoms. The number of aromatic nitrogens is 1. The van der Waals surface area contributed by atoms with Crippen LogP contribution in [0.25, 0.3) is 0 Å². The van der Waals surface area contributed by atoms with Crippen LogP contribution in [0.4, 0.5) is 19.0 Å². The van der Waals surface area contributed by atoms with Crippen molar-refractivity contribution < 1.29 is 23.1 Å². The van der Waals surface area contributed by atoms with Gasteiger partial charge in [-0.25, -0.2) is 4.98 Å². The van der Waals surface area contributed by atoms with E-state index in [1.807, 2.05) is 0 Å². The average Bonchev–Trinajstić information content (AvgIpc) is 2.36. The van der Waals surface area contributed by atoms with Crippen molar-refractivity contribution >= 4 is 11.8 Å². The molecule has 1 heterocycles. The number of hydrogen-bond acceptors (Lipinski definition) is 4. The number of halogens is 3. The van der Waals surface area contributed by atoms with E-state index in [0.29, 0.717) is 12.5 Å². The number of anilines is 1. The van der Waals surface area contributed by atoms with Crippen molar-refractivity contribution in [1.29, 1.82) is 5.26 Å². The standard InChI is InChI=1S/C12H12F3N3O2/c1-2-5-18(7-10(19)20)11-8(6-16)3-4-9(17-11)12(13,14)15/h3-4H,2,5,7H2,1H3,(H,19,20). The van der Waals surface area contributed by atoms with E-state index in [4.69, 9.17) is 10.4 Å². The van der Waals surface area contributed by atoms with Gasteiger partial charge in [-0.1, -0.05) is 6.92 Å². The monoisotopic (exact) mass is 287 g/mol. The number of hydrogen-bond donors (Lipinski definition) is 1. The number of aliphatic carboxylic acids is 1. The second-order valence-electron chi connectivity index (χ2n) is 3.99. The van der Waals surface area contributed by atoms with E-state index in [2.05, 4.69) is 4.98 Å². The van der Waals surface area contributed by atoms with E-state index < -0.39 is 24.4 Å². The lowest BCUT2D eigenvalue weighted by molar-refractivity contribution is -0.141. The highest BCUT2D eigenvalue weighted by atomic mass is 19.4. The Kier molecular flexibility index (Phi) is 4.91. The zero-order chi connectivity index (χ0) is 15.3. The van der Waals surface area contributed by atoms with Crippen molar-refractivity contribution in [2.24, 2.45) is 0 Å². The Morgan fingerprint density at radius 2 is 2.15 bits per heavy atom. The predicted octanol–water partition coefficient (Wildman–Crippen LogP) is 2.27. The molecule has 0 unspecified atom stereocenters. The topological polar surface area (TPSA) is 77.2 Å². The van der Waals surface area contributed by atoms with Crippen LogP contribution in [0, 0.1) is 11.3 Å². The third-order valence-corrected chi connectivity index (χ3v) is 2.41. The zero-order valence-corrected chi connectivity index (χ0v) is 10.6. The molecular weight excluding hydrogens is 275 g/mol. The van der Waals surface area contributed by atoms with Gasteiger partial charge in [0.2, 0.25) is 0 Å². The Morgan fingerprint density at radius 3 is 2.60 bits per heavy atom. The number of nitrogens with zero attached hydrogens (tertiary/aromatic N) is 3. The molecule has 0 radical (unpaired) electrons. The van der Waals surface area contributed by atoms with Crippen LogP contribution in [0.5, 0.6) is 0 Å². The molecular formula is C12H12F3N3O2. The molecule has 0 aliphatic carbocycles. The fourth-order valence-electron chi connectivity index (χ4n) is 1.63. The van der Waals surface area contributed by atoms with Crippen molar-refractivity contribution in [2.45, 2.75) is 19.5 Å². The van der Waals surface area contributed by atoms with Crippen LogP contribution in [-0.4, -0.2) is 29.1 Å². The molecule has 0 fully saturated rings. The third kappa shape index (κ3) is 3.85. The minimum Gasteiger partial charge on any atom is -0.480 e. The van der Waals surface area contributed by atoms with Crippen molar-refractivity contribution in [3.63, 3.8) is 0 Å². The minimum atomic E-state index is -4.65. The number of carboxylic acids is 1. The van der Waals surface area contributed by atoms with Gasteiger partial charge in [0, 0.05) is 6.54 Å². The molecule has 0 saturated carbocycles. The van der Waals surface area contributed by atoms with E-state index in [0.717, 1.165) is 11.0 Å². The molecule has 108 valence electrons. The first-order valence-electron chi connectivity index (χ1n) is 5.74. The first-order valence-corrected chi connectivity index (χ1v) is 5.74. The van der Waals surface area contributed by atoms with E-state index in [1.165, 1.54) is 0 Å². The van der Waals surface area contributed by atoms with E-state index in [1.54, 1.807) is 13.0 Å². The maximum atomic E-state index is 12.6. The van der Waals surface area contributed by atoms with Crippen molar-refractivity contribution in [1.82, 2.24) is 4.98 Å². The van der Waals surface area contributed by atoms with E-state index >= 15 is 0 Å². The lowest BCUT2D eigenvalue weighted by Gasteiger charge is -2.22. The molecule has 0 saturated heterocycles. The summed E-state index contributed by atoms with van der Waals surface area (Å²) in [7, 11) is 0. The van der Waals surface area contributed by atoms with Crippen LogP contribution in [0.2, 0.25) is 0 Å². The van der Waals surface area contributed by atoms with Gasteiger partial charge in [-0.15, -0.1) is 0 Å². The minimum absolute atomic E-state index is 0.0901. The van der Waals surface area contributed by atoms with Crippen molar-refractivity contribution in [3.05, 3.63) is 23.4 Å². The Hall–Kier alpha value is -2.30. The Balaban J connectivity index is 3.30. The second-order valence-corrected chi connectivity index (χ2v) is 3.99. The zero-order valence-electron chi connectivity index (χ0n) is 10.6. The second kappa shape index (κ2) is 6.23. The number of rotatable bonds is 5. The molecule has 0 aromatic carbocycles. The summed E-state index contributed by atoms with van der Waals surface area (Å²) in [5.74, 6) is -1.46. The van der Waals surface area contributed by atoms with Crippen LogP contribution < -0.4 is 4.90 Å². The lowest BCUT2D eigenvalue weighted by atomic mass is 10.2. The molecule has 0 bridgehead atoms. The first-order chi connectivity index (χ1) is 9.29. The molecule has 1 aromatic rings. The normalized spacial score (nSPS) is 10.9.